The maximum Gasteiger partial charge on any atom is 0.224 e. The maximum atomic E-state index is 13.3. The summed E-state index contributed by atoms with van der Waals surface area (Å²) >= 11 is 6.27. The van der Waals surface area contributed by atoms with Gasteiger partial charge in [-0.2, -0.15) is 0 Å². The summed E-state index contributed by atoms with van der Waals surface area (Å²) in [6.07, 6.45) is 7.94. The van der Waals surface area contributed by atoms with Crippen LogP contribution in [0.2, 0.25) is 5.02 Å². The third kappa shape index (κ3) is 3.58. The van der Waals surface area contributed by atoms with Gasteiger partial charge in [0.05, 0.1) is 16.6 Å². The lowest BCUT2D eigenvalue weighted by Gasteiger charge is -2.44. The van der Waals surface area contributed by atoms with Gasteiger partial charge in [-0.3, -0.25) is 4.79 Å². The number of carbonyl (C=O) groups excluding carboxylic acids is 1. The highest BCUT2D eigenvalue weighted by atomic mass is 35.5. The fraction of sp³-hybridized carbons (Fsp3) is 0.667. The largest absolute Gasteiger partial charge is 0.339 e. The molecule has 1 aromatic carbocycles. The van der Waals surface area contributed by atoms with E-state index in [2.05, 4.69) is 29.1 Å². The van der Waals surface area contributed by atoms with Crippen molar-refractivity contribution in [1.29, 1.82) is 0 Å². The first-order valence-corrected chi connectivity index (χ1v) is 10.7. The van der Waals surface area contributed by atoms with Gasteiger partial charge in [0, 0.05) is 19.0 Å². The molecule has 4 rings (SSSR count). The zero-order chi connectivity index (χ0) is 19.0. The fourth-order valence-corrected chi connectivity index (χ4v) is 5.22. The number of nitrogens with zero attached hydrogens (tertiary/aromatic N) is 4. The number of fused-ring (bicyclic) bond motifs is 2. The quantitative estimate of drug-likeness (QED) is 0.751. The normalized spacial score (nSPS) is 24.2. The Kier molecular flexibility index (Phi) is 5.40. The van der Waals surface area contributed by atoms with Crippen molar-refractivity contribution in [2.45, 2.75) is 70.9 Å². The molecule has 1 aliphatic heterocycles. The van der Waals surface area contributed by atoms with E-state index < -0.39 is 0 Å². The van der Waals surface area contributed by atoms with Crippen LogP contribution >= 0.6 is 11.6 Å². The second-order valence-corrected chi connectivity index (χ2v) is 8.91. The number of amides is 1. The highest BCUT2D eigenvalue weighted by Crippen LogP contribution is 2.36. The minimum atomic E-state index is -0.00932. The van der Waals surface area contributed by atoms with Crippen LogP contribution < -0.4 is 0 Å². The van der Waals surface area contributed by atoms with E-state index in [4.69, 9.17) is 11.6 Å². The van der Waals surface area contributed by atoms with Gasteiger partial charge in [-0.1, -0.05) is 49.6 Å². The summed E-state index contributed by atoms with van der Waals surface area (Å²) < 4.78 is 1.91. The number of benzene rings is 1. The monoisotopic (exact) mass is 388 g/mol. The summed E-state index contributed by atoms with van der Waals surface area (Å²) in [5, 5.41) is 9.24. The van der Waals surface area contributed by atoms with E-state index in [1.807, 2.05) is 22.9 Å². The van der Waals surface area contributed by atoms with E-state index in [0.29, 0.717) is 28.9 Å². The molecular weight excluding hydrogens is 360 g/mol. The SMILES string of the molecule is CC(C)C(CC(=O)N1CCCC2CCCCC21)n1nnc2c(Cl)cccc21. The van der Waals surface area contributed by atoms with E-state index in [1.54, 1.807) is 0 Å². The van der Waals surface area contributed by atoms with Crippen molar-refractivity contribution in [3.63, 3.8) is 0 Å². The zero-order valence-electron chi connectivity index (χ0n) is 16.3. The molecule has 1 aliphatic carbocycles. The van der Waals surface area contributed by atoms with Crippen molar-refractivity contribution >= 4 is 28.5 Å². The summed E-state index contributed by atoms with van der Waals surface area (Å²) in [4.78, 5) is 15.5. The number of carbonyl (C=O) groups is 1. The third-order valence-electron chi connectivity index (χ3n) is 6.48. The van der Waals surface area contributed by atoms with Gasteiger partial charge in [0.2, 0.25) is 5.91 Å². The highest BCUT2D eigenvalue weighted by molar-refractivity contribution is 6.34. The summed E-state index contributed by atoms with van der Waals surface area (Å²) in [7, 11) is 0. The van der Waals surface area contributed by atoms with Crippen LogP contribution in [0.5, 0.6) is 0 Å². The molecule has 2 fully saturated rings. The van der Waals surface area contributed by atoms with Crippen molar-refractivity contribution in [3.8, 4) is 0 Å². The van der Waals surface area contributed by atoms with Gasteiger partial charge in [0.15, 0.2) is 0 Å². The molecule has 2 aliphatic rings. The van der Waals surface area contributed by atoms with Gasteiger partial charge in [0.25, 0.3) is 0 Å². The Morgan fingerprint density at radius 1 is 1.22 bits per heavy atom. The van der Waals surface area contributed by atoms with Crippen LogP contribution in [-0.4, -0.2) is 38.4 Å². The number of hydrogen-bond acceptors (Lipinski definition) is 3. The standard InChI is InChI=1S/C21H29ClN4O/c1-14(2)19(26-18-11-5-9-16(22)21(18)23-24-26)13-20(27)25-12-6-8-15-7-3-4-10-17(15)25/h5,9,11,14-15,17,19H,3-4,6-8,10,12-13H2,1-2H3. The molecular formula is C21H29ClN4O. The second-order valence-electron chi connectivity index (χ2n) is 8.50. The van der Waals surface area contributed by atoms with Crippen LogP contribution in [0.25, 0.3) is 11.0 Å². The zero-order valence-corrected chi connectivity index (χ0v) is 17.0. The van der Waals surface area contributed by atoms with Crippen LogP contribution in [-0.2, 0) is 4.79 Å². The molecule has 1 amide bonds. The van der Waals surface area contributed by atoms with Crippen molar-refractivity contribution in [3.05, 3.63) is 23.2 Å². The second kappa shape index (κ2) is 7.78. The Hall–Kier alpha value is -1.62. The summed E-state index contributed by atoms with van der Waals surface area (Å²) in [6, 6.07) is 6.18. The average molecular weight is 389 g/mol. The van der Waals surface area contributed by atoms with Crippen molar-refractivity contribution in [2.75, 3.05) is 6.54 Å². The fourth-order valence-electron chi connectivity index (χ4n) is 5.01. The van der Waals surface area contributed by atoms with Crippen LogP contribution in [0.4, 0.5) is 0 Å². The molecule has 2 heterocycles. The molecule has 1 saturated carbocycles. The van der Waals surface area contributed by atoms with E-state index in [1.165, 1.54) is 32.1 Å². The van der Waals surface area contributed by atoms with Gasteiger partial charge < -0.3 is 4.90 Å². The Morgan fingerprint density at radius 3 is 2.81 bits per heavy atom. The van der Waals surface area contributed by atoms with Crippen LogP contribution in [0, 0.1) is 11.8 Å². The van der Waals surface area contributed by atoms with Gasteiger partial charge in [-0.05, 0) is 49.7 Å². The molecule has 0 radical (unpaired) electrons. The van der Waals surface area contributed by atoms with Gasteiger partial charge in [0.1, 0.15) is 5.52 Å². The molecule has 0 bridgehead atoms. The first-order valence-electron chi connectivity index (χ1n) is 10.3. The molecule has 1 aromatic heterocycles. The lowest BCUT2D eigenvalue weighted by Crippen LogP contribution is -2.50. The Bertz CT molecular complexity index is 816. The number of rotatable bonds is 4. The van der Waals surface area contributed by atoms with E-state index in [-0.39, 0.29) is 17.9 Å². The van der Waals surface area contributed by atoms with Gasteiger partial charge >= 0.3 is 0 Å². The van der Waals surface area contributed by atoms with E-state index >= 15 is 0 Å². The lowest BCUT2D eigenvalue weighted by molar-refractivity contribution is -0.138. The molecule has 5 nitrogen and oxygen atoms in total. The van der Waals surface area contributed by atoms with Crippen molar-refractivity contribution in [1.82, 2.24) is 19.9 Å². The van der Waals surface area contributed by atoms with E-state index in [9.17, 15) is 4.79 Å². The molecule has 6 heteroatoms. The molecule has 0 spiro atoms. The maximum absolute atomic E-state index is 13.3. The average Bonchev–Trinajstić information content (AvgIpc) is 3.10. The number of aromatic nitrogens is 3. The molecule has 3 unspecified atom stereocenters. The Labute approximate surface area is 166 Å². The van der Waals surface area contributed by atoms with Crippen LogP contribution in [0.1, 0.15) is 64.8 Å². The number of halogens is 1. The molecule has 146 valence electrons. The molecule has 3 atom stereocenters. The third-order valence-corrected chi connectivity index (χ3v) is 6.79. The van der Waals surface area contributed by atoms with Crippen LogP contribution in [0.15, 0.2) is 18.2 Å². The minimum absolute atomic E-state index is 0.00932. The Morgan fingerprint density at radius 2 is 2.00 bits per heavy atom. The van der Waals surface area contributed by atoms with Gasteiger partial charge in [-0.15, -0.1) is 5.10 Å². The topological polar surface area (TPSA) is 51.0 Å². The smallest absolute Gasteiger partial charge is 0.224 e. The number of likely N-dealkylation sites (tertiary alicyclic amines) is 1. The van der Waals surface area contributed by atoms with Crippen LogP contribution in [0.3, 0.4) is 0 Å². The molecule has 1 saturated heterocycles. The van der Waals surface area contributed by atoms with Crippen molar-refractivity contribution < 1.29 is 4.79 Å². The molecule has 2 aromatic rings. The lowest BCUT2D eigenvalue weighted by atomic mass is 9.78. The Balaban J connectivity index is 1.58. The summed E-state index contributed by atoms with van der Waals surface area (Å²) in [6.45, 7) is 5.21. The summed E-state index contributed by atoms with van der Waals surface area (Å²) in [5.74, 6) is 1.26. The predicted octanol–water partition coefficient (Wildman–Crippen LogP) is 4.85. The highest BCUT2D eigenvalue weighted by Gasteiger charge is 2.36. The first kappa shape index (κ1) is 18.7. The van der Waals surface area contributed by atoms with E-state index in [0.717, 1.165) is 18.5 Å². The minimum Gasteiger partial charge on any atom is -0.339 e. The van der Waals surface area contributed by atoms with Crippen molar-refractivity contribution in [2.24, 2.45) is 11.8 Å². The molecule has 27 heavy (non-hydrogen) atoms. The predicted molar refractivity (Wildman–Crippen MR) is 108 cm³/mol. The number of hydrogen-bond donors (Lipinski definition) is 0. The summed E-state index contributed by atoms with van der Waals surface area (Å²) in [5.41, 5.74) is 1.62. The molecule has 0 N–H and O–H groups in total. The first-order chi connectivity index (χ1) is 13.1. The van der Waals surface area contributed by atoms with Gasteiger partial charge in [-0.25, -0.2) is 4.68 Å². The number of piperidine rings is 1.